The van der Waals surface area contributed by atoms with E-state index >= 15 is 0 Å². The van der Waals surface area contributed by atoms with Crippen molar-refractivity contribution in [3.8, 4) is 0 Å². The van der Waals surface area contributed by atoms with Gasteiger partial charge in [-0.15, -0.1) is 11.8 Å². The summed E-state index contributed by atoms with van der Waals surface area (Å²) >= 11 is 1.93. The minimum Gasteiger partial charge on any atom is -0.381 e. The fourth-order valence-corrected chi connectivity index (χ4v) is 4.13. The summed E-state index contributed by atoms with van der Waals surface area (Å²) < 4.78 is 5.67. The van der Waals surface area contributed by atoms with Gasteiger partial charge in [0.2, 0.25) is 5.91 Å². The van der Waals surface area contributed by atoms with Crippen LogP contribution in [-0.4, -0.2) is 68.5 Å². The summed E-state index contributed by atoms with van der Waals surface area (Å²) in [5.74, 6) is 1.23. The van der Waals surface area contributed by atoms with E-state index in [1.165, 1.54) is 17.7 Å². The van der Waals surface area contributed by atoms with Gasteiger partial charge < -0.3 is 20.3 Å². The number of amides is 1. The van der Waals surface area contributed by atoms with E-state index in [1.807, 2.05) is 17.8 Å². The van der Waals surface area contributed by atoms with Gasteiger partial charge in [0.15, 0.2) is 5.96 Å². The monoisotopic (exact) mass is 390 g/mol. The molecule has 0 spiro atoms. The Balaban J connectivity index is 1.54. The average Bonchev–Trinajstić information content (AvgIpc) is 3.22. The Hall–Kier alpha value is -1.73. The Morgan fingerprint density at radius 2 is 2.07 bits per heavy atom. The van der Waals surface area contributed by atoms with E-state index in [-0.39, 0.29) is 17.2 Å². The van der Waals surface area contributed by atoms with E-state index in [9.17, 15) is 4.79 Å². The molecule has 1 saturated heterocycles. The molecule has 1 unspecified atom stereocenters. The second kappa shape index (κ2) is 9.46. The Bertz CT molecular complexity index is 641. The first-order valence-corrected chi connectivity index (χ1v) is 10.4. The second-order valence-corrected chi connectivity index (χ2v) is 9.06. The van der Waals surface area contributed by atoms with Crippen molar-refractivity contribution in [2.75, 3.05) is 46.9 Å². The van der Waals surface area contributed by atoms with Crippen LogP contribution in [0.15, 0.2) is 40.2 Å². The molecule has 1 saturated carbocycles. The van der Waals surface area contributed by atoms with Gasteiger partial charge in [0, 0.05) is 49.4 Å². The third-order valence-electron chi connectivity index (χ3n) is 4.92. The number of hydrogen-bond donors (Lipinski definition) is 2. The summed E-state index contributed by atoms with van der Waals surface area (Å²) in [5, 5.41) is 6.87. The third kappa shape index (κ3) is 6.43. The number of likely N-dealkylation sites (N-methyl/N-ethyl adjacent to an activating group) is 1. The number of carbonyl (C=O) groups excluding carboxylic acids is 1. The number of aliphatic imine (C=N–C) groups is 1. The predicted octanol–water partition coefficient (Wildman–Crippen LogP) is 1.97. The fourth-order valence-electron chi connectivity index (χ4n) is 2.89. The Kier molecular flexibility index (Phi) is 7.01. The number of nitrogens with one attached hydrogen (secondary N) is 2. The summed E-state index contributed by atoms with van der Waals surface area (Å²) in [5.41, 5.74) is 0. The summed E-state index contributed by atoms with van der Waals surface area (Å²) in [6.07, 6.45) is 3.46. The summed E-state index contributed by atoms with van der Waals surface area (Å²) in [6, 6.07) is 10.5. The van der Waals surface area contributed by atoms with E-state index in [0.29, 0.717) is 5.92 Å². The van der Waals surface area contributed by atoms with Crippen LogP contribution in [0.1, 0.15) is 19.3 Å². The molecule has 1 aromatic rings. The smallest absolute Gasteiger partial charge is 0.243 e. The van der Waals surface area contributed by atoms with E-state index in [1.54, 1.807) is 19.0 Å². The maximum Gasteiger partial charge on any atom is 0.243 e. The molecular weight excluding hydrogens is 360 g/mol. The van der Waals surface area contributed by atoms with Crippen molar-refractivity contribution in [2.45, 2.75) is 28.9 Å². The zero-order chi connectivity index (χ0) is 19.1. The lowest BCUT2D eigenvalue weighted by Crippen LogP contribution is -2.43. The Morgan fingerprint density at radius 1 is 1.30 bits per heavy atom. The largest absolute Gasteiger partial charge is 0.381 e. The van der Waals surface area contributed by atoms with Crippen LogP contribution >= 0.6 is 11.8 Å². The van der Waals surface area contributed by atoms with Gasteiger partial charge in [0.25, 0.3) is 0 Å². The maximum absolute atomic E-state index is 11.9. The molecule has 1 aliphatic carbocycles. The number of benzene rings is 1. The van der Waals surface area contributed by atoms with Crippen molar-refractivity contribution < 1.29 is 9.53 Å². The topological polar surface area (TPSA) is 66.0 Å². The highest BCUT2D eigenvalue weighted by atomic mass is 32.2. The molecule has 0 bridgehead atoms. The molecule has 2 fully saturated rings. The quantitative estimate of drug-likeness (QED) is 0.525. The highest BCUT2D eigenvalue weighted by molar-refractivity contribution is 8.01. The highest BCUT2D eigenvalue weighted by Gasteiger charge is 2.43. The van der Waals surface area contributed by atoms with Crippen molar-refractivity contribution >= 4 is 23.6 Å². The molecule has 148 valence electrons. The van der Waals surface area contributed by atoms with Gasteiger partial charge in [0.1, 0.15) is 6.54 Å². The van der Waals surface area contributed by atoms with E-state index in [4.69, 9.17) is 4.74 Å². The Morgan fingerprint density at radius 3 is 2.70 bits per heavy atom. The van der Waals surface area contributed by atoms with Crippen LogP contribution in [0.25, 0.3) is 0 Å². The van der Waals surface area contributed by atoms with Gasteiger partial charge in [-0.25, -0.2) is 4.99 Å². The minimum atomic E-state index is 0.0000884. The fraction of sp³-hybridized carbons (Fsp3) is 0.600. The van der Waals surface area contributed by atoms with Crippen molar-refractivity contribution in [1.29, 1.82) is 0 Å². The van der Waals surface area contributed by atoms with Crippen LogP contribution in [-0.2, 0) is 9.53 Å². The van der Waals surface area contributed by atoms with Crippen molar-refractivity contribution in [3.63, 3.8) is 0 Å². The van der Waals surface area contributed by atoms with Gasteiger partial charge >= 0.3 is 0 Å². The zero-order valence-corrected chi connectivity index (χ0v) is 17.1. The van der Waals surface area contributed by atoms with E-state index < -0.39 is 0 Å². The molecule has 0 aromatic heterocycles. The molecule has 7 heteroatoms. The van der Waals surface area contributed by atoms with Gasteiger partial charge in [0.05, 0.1) is 6.61 Å². The first-order valence-electron chi connectivity index (χ1n) is 9.60. The number of hydrogen-bond acceptors (Lipinski definition) is 4. The number of carbonyl (C=O) groups is 1. The summed E-state index contributed by atoms with van der Waals surface area (Å²) in [4.78, 5) is 19.3. The zero-order valence-electron chi connectivity index (χ0n) is 16.2. The lowest BCUT2D eigenvalue weighted by Gasteiger charge is -2.20. The van der Waals surface area contributed by atoms with Gasteiger partial charge in [-0.05, 0) is 31.4 Å². The standard InChI is InChI=1S/C20H30N4O2S/c1-24(2)18(25)13-22-19(21-12-16-8-11-26-14-16)23-15-20(9-10-20)27-17-6-4-3-5-7-17/h3-7,16H,8-15H2,1-2H3,(H2,21,22,23). The molecule has 1 aliphatic heterocycles. The molecule has 1 atom stereocenters. The number of nitrogens with zero attached hydrogens (tertiary/aromatic N) is 2. The van der Waals surface area contributed by atoms with Crippen LogP contribution in [0.5, 0.6) is 0 Å². The molecule has 1 heterocycles. The number of rotatable bonds is 8. The van der Waals surface area contributed by atoms with Crippen LogP contribution < -0.4 is 10.6 Å². The van der Waals surface area contributed by atoms with Crippen molar-refractivity contribution in [3.05, 3.63) is 30.3 Å². The first kappa shape index (κ1) is 20.0. The third-order valence-corrected chi connectivity index (χ3v) is 6.41. The molecule has 3 rings (SSSR count). The second-order valence-electron chi connectivity index (χ2n) is 7.52. The van der Waals surface area contributed by atoms with Crippen LogP contribution in [0, 0.1) is 5.92 Å². The Labute approximate surface area is 166 Å². The number of guanidine groups is 1. The van der Waals surface area contributed by atoms with Gasteiger partial charge in [-0.3, -0.25) is 4.79 Å². The normalized spacial score (nSPS) is 21.0. The van der Waals surface area contributed by atoms with Crippen LogP contribution in [0.2, 0.25) is 0 Å². The molecule has 1 amide bonds. The molecular formula is C20H30N4O2S. The van der Waals surface area contributed by atoms with Gasteiger partial charge in [-0.1, -0.05) is 18.2 Å². The lowest BCUT2D eigenvalue weighted by atomic mass is 10.1. The van der Waals surface area contributed by atoms with Crippen LogP contribution in [0.4, 0.5) is 0 Å². The predicted molar refractivity (Wildman–Crippen MR) is 110 cm³/mol. The van der Waals surface area contributed by atoms with Crippen molar-refractivity contribution in [2.24, 2.45) is 10.9 Å². The molecule has 2 aliphatic rings. The molecule has 2 N–H and O–H groups in total. The molecule has 0 radical (unpaired) electrons. The number of thioether (sulfide) groups is 1. The summed E-state index contributed by atoms with van der Waals surface area (Å²) in [6.45, 7) is 3.45. The van der Waals surface area contributed by atoms with Crippen LogP contribution in [0.3, 0.4) is 0 Å². The maximum atomic E-state index is 11.9. The molecule has 1 aromatic carbocycles. The lowest BCUT2D eigenvalue weighted by molar-refractivity contribution is -0.127. The first-order chi connectivity index (χ1) is 13.1. The highest BCUT2D eigenvalue weighted by Crippen LogP contribution is 2.51. The van der Waals surface area contributed by atoms with Gasteiger partial charge in [-0.2, -0.15) is 0 Å². The average molecular weight is 391 g/mol. The molecule has 27 heavy (non-hydrogen) atoms. The van der Waals surface area contributed by atoms with E-state index in [2.05, 4.69) is 39.9 Å². The summed E-state index contributed by atoms with van der Waals surface area (Å²) in [7, 11) is 3.51. The van der Waals surface area contributed by atoms with E-state index in [0.717, 1.165) is 38.7 Å². The molecule has 6 nitrogen and oxygen atoms in total. The van der Waals surface area contributed by atoms with Crippen molar-refractivity contribution in [1.82, 2.24) is 15.5 Å². The number of ether oxygens (including phenoxy) is 1. The SMILES string of the molecule is CN(C)C(=O)CN=C(NCC1CCOC1)NCC1(Sc2ccccc2)CC1. The minimum absolute atomic E-state index is 0.0000884.